The van der Waals surface area contributed by atoms with Crippen LogP contribution in [0.5, 0.6) is 5.75 Å². The summed E-state index contributed by atoms with van der Waals surface area (Å²) in [5.74, 6) is -0.231. The number of aryl methyl sites for hydroxylation is 1. The van der Waals surface area contributed by atoms with Gasteiger partial charge in [0.25, 0.3) is 0 Å². The van der Waals surface area contributed by atoms with Gasteiger partial charge >= 0.3 is 5.97 Å². The van der Waals surface area contributed by atoms with Gasteiger partial charge in [-0.1, -0.05) is 12.1 Å². The molecular weight excluding hydrogens is 282 g/mol. The van der Waals surface area contributed by atoms with Crippen LogP contribution in [0.3, 0.4) is 0 Å². The Labute approximate surface area is 128 Å². The summed E-state index contributed by atoms with van der Waals surface area (Å²) in [5.41, 5.74) is 2.51. The lowest BCUT2D eigenvalue weighted by Gasteiger charge is -2.15. The first-order chi connectivity index (χ1) is 10.6. The van der Waals surface area contributed by atoms with E-state index in [0.717, 1.165) is 29.7 Å². The molecule has 1 heterocycles. The van der Waals surface area contributed by atoms with Gasteiger partial charge in [0.2, 0.25) is 0 Å². The van der Waals surface area contributed by atoms with Crippen LogP contribution in [0.4, 0.5) is 0 Å². The van der Waals surface area contributed by atoms with Crippen LogP contribution >= 0.6 is 0 Å². The van der Waals surface area contributed by atoms with Crippen LogP contribution in [0.15, 0.2) is 30.3 Å². The standard InChI is InChI=1S/C17H17NO4/c1-22-13-7-5-11(6-8-13)10-18-14(17(20)21)9-12-3-2-4-15(19)16(12)18/h5-9H,2-4,10H2,1H3,(H,20,21). The molecule has 5 heteroatoms. The highest BCUT2D eigenvalue weighted by atomic mass is 16.5. The summed E-state index contributed by atoms with van der Waals surface area (Å²) in [6.45, 7) is 0.368. The Kier molecular flexibility index (Phi) is 3.71. The Morgan fingerprint density at radius 1 is 1.27 bits per heavy atom. The number of carboxylic acid groups (broad SMARTS) is 1. The quantitative estimate of drug-likeness (QED) is 0.942. The maximum atomic E-state index is 12.2. The molecule has 0 bridgehead atoms. The largest absolute Gasteiger partial charge is 0.497 e. The summed E-state index contributed by atoms with van der Waals surface area (Å²) in [6, 6.07) is 9.05. The number of benzene rings is 1. The highest BCUT2D eigenvalue weighted by Gasteiger charge is 2.26. The number of carboxylic acids is 1. The number of ketones is 1. The third-order valence-electron chi connectivity index (χ3n) is 4.01. The van der Waals surface area contributed by atoms with Gasteiger partial charge in [-0.05, 0) is 42.2 Å². The van der Waals surface area contributed by atoms with Crippen LogP contribution in [-0.4, -0.2) is 28.5 Å². The number of carbonyl (C=O) groups is 2. The van der Waals surface area contributed by atoms with Crippen LogP contribution in [0, 0.1) is 0 Å². The van der Waals surface area contributed by atoms with E-state index in [1.807, 2.05) is 24.3 Å². The molecule has 0 saturated carbocycles. The summed E-state index contributed by atoms with van der Waals surface area (Å²) < 4.78 is 6.74. The van der Waals surface area contributed by atoms with E-state index in [9.17, 15) is 14.7 Å². The number of hydrogen-bond donors (Lipinski definition) is 1. The number of ether oxygens (including phenoxy) is 1. The van der Waals surface area contributed by atoms with Crippen molar-refractivity contribution in [3.05, 3.63) is 52.8 Å². The minimum atomic E-state index is -1.00. The Morgan fingerprint density at radius 3 is 2.64 bits per heavy atom. The molecule has 0 amide bonds. The predicted octanol–water partition coefficient (Wildman–Crippen LogP) is 2.76. The third-order valence-corrected chi connectivity index (χ3v) is 4.01. The lowest BCUT2D eigenvalue weighted by Crippen LogP contribution is -2.18. The lowest BCUT2D eigenvalue weighted by molar-refractivity contribution is 0.0685. The first-order valence-electron chi connectivity index (χ1n) is 7.22. The molecule has 1 aliphatic carbocycles. The number of Topliss-reactive ketones (excluding diaryl/α,β-unsaturated/α-hetero) is 1. The molecule has 0 unspecified atom stereocenters. The average molecular weight is 299 g/mol. The van der Waals surface area contributed by atoms with Gasteiger partial charge in [-0.15, -0.1) is 0 Å². The van der Waals surface area contributed by atoms with Gasteiger partial charge in [-0.25, -0.2) is 4.79 Å². The van der Waals surface area contributed by atoms with Crippen LogP contribution in [0.1, 0.15) is 44.9 Å². The van der Waals surface area contributed by atoms with Crippen molar-refractivity contribution in [2.24, 2.45) is 0 Å². The number of fused-ring (bicyclic) bond motifs is 1. The van der Waals surface area contributed by atoms with Crippen LogP contribution in [0.2, 0.25) is 0 Å². The second-order valence-electron chi connectivity index (χ2n) is 5.42. The molecule has 0 radical (unpaired) electrons. The molecule has 0 atom stereocenters. The number of methoxy groups -OCH3 is 1. The maximum absolute atomic E-state index is 12.2. The third kappa shape index (κ3) is 2.50. The summed E-state index contributed by atoms with van der Waals surface area (Å²) >= 11 is 0. The highest BCUT2D eigenvalue weighted by Crippen LogP contribution is 2.26. The topological polar surface area (TPSA) is 68.5 Å². The van der Waals surface area contributed by atoms with Crippen molar-refractivity contribution in [3.63, 3.8) is 0 Å². The monoisotopic (exact) mass is 299 g/mol. The van der Waals surface area contributed by atoms with Gasteiger partial charge in [-0.3, -0.25) is 4.79 Å². The van der Waals surface area contributed by atoms with Crippen molar-refractivity contribution in [3.8, 4) is 5.75 Å². The Bertz CT molecular complexity index is 728. The van der Waals surface area contributed by atoms with Gasteiger partial charge < -0.3 is 14.4 Å². The van der Waals surface area contributed by atoms with Gasteiger partial charge in [0.15, 0.2) is 5.78 Å². The molecule has 0 saturated heterocycles. The molecule has 0 aliphatic heterocycles. The zero-order valence-electron chi connectivity index (χ0n) is 12.3. The van der Waals surface area contributed by atoms with E-state index in [1.54, 1.807) is 17.7 Å². The van der Waals surface area contributed by atoms with E-state index < -0.39 is 5.97 Å². The molecule has 3 rings (SSSR count). The molecule has 1 aromatic heterocycles. The molecule has 1 N–H and O–H groups in total. The smallest absolute Gasteiger partial charge is 0.352 e. The molecule has 5 nitrogen and oxygen atoms in total. The van der Waals surface area contributed by atoms with Crippen LogP contribution < -0.4 is 4.74 Å². The SMILES string of the molecule is COc1ccc(Cn2c(C(=O)O)cc3c2C(=O)CCC3)cc1. The second-order valence-corrected chi connectivity index (χ2v) is 5.42. The van der Waals surface area contributed by atoms with Crippen molar-refractivity contribution >= 4 is 11.8 Å². The minimum Gasteiger partial charge on any atom is -0.497 e. The summed E-state index contributed by atoms with van der Waals surface area (Å²) in [7, 11) is 1.60. The van der Waals surface area contributed by atoms with Gasteiger partial charge in [-0.2, -0.15) is 0 Å². The van der Waals surface area contributed by atoms with Gasteiger partial charge in [0.05, 0.1) is 12.8 Å². The number of hydrogen-bond acceptors (Lipinski definition) is 3. The zero-order chi connectivity index (χ0) is 15.7. The van der Waals surface area contributed by atoms with Crippen molar-refractivity contribution in [2.75, 3.05) is 7.11 Å². The van der Waals surface area contributed by atoms with E-state index in [4.69, 9.17) is 4.74 Å². The van der Waals surface area contributed by atoms with Gasteiger partial charge in [0, 0.05) is 13.0 Å². The van der Waals surface area contributed by atoms with Crippen molar-refractivity contribution in [1.82, 2.24) is 4.57 Å². The fourth-order valence-corrected chi connectivity index (χ4v) is 2.94. The van der Waals surface area contributed by atoms with Crippen LogP contribution in [0.25, 0.3) is 0 Å². The van der Waals surface area contributed by atoms with Gasteiger partial charge in [0.1, 0.15) is 11.4 Å². The maximum Gasteiger partial charge on any atom is 0.352 e. The molecule has 1 aliphatic rings. The molecule has 114 valence electrons. The number of aromatic nitrogens is 1. The van der Waals surface area contributed by atoms with E-state index in [2.05, 4.69) is 0 Å². The summed E-state index contributed by atoms with van der Waals surface area (Å²) in [6.07, 6.45) is 2.03. The summed E-state index contributed by atoms with van der Waals surface area (Å²) in [4.78, 5) is 23.7. The van der Waals surface area contributed by atoms with E-state index in [0.29, 0.717) is 18.7 Å². The highest BCUT2D eigenvalue weighted by molar-refractivity contribution is 5.99. The fourth-order valence-electron chi connectivity index (χ4n) is 2.94. The van der Waals surface area contributed by atoms with Crippen molar-refractivity contribution in [1.29, 1.82) is 0 Å². The summed E-state index contributed by atoms with van der Waals surface area (Å²) in [5, 5.41) is 9.41. The normalized spacial score (nSPS) is 13.8. The Morgan fingerprint density at radius 2 is 2.00 bits per heavy atom. The average Bonchev–Trinajstić information content (AvgIpc) is 2.88. The minimum absolute atomic E-state index is 0.0299. The first-order valence-corrected chi connectivity index (χ1v) is 7.22. The molecule has 0 spiro atoms. The Balaban J connectivity index is 2.02. The molecule has 2 aromatic rings. The number of aromatic carboxylic acids is 1. The van der Waals surface area contributed by atoms with E-state index >= 15 is 0 Å². The first kappa shape index (κ1) is 14.4. The van der Waals surface area contributed by atoms with Crippen LogP contribution in [-0.2, 0) is 13.0 Å². The van der Waals surface area contributed by atoms with Crippen molar-refractivity contribution in [2.45, 2.75) is 25.8 Å². The second kappa shape index (κ2) is 5.67. The predicted molar refractivity (Wildman–Crippen MR) is 80.8 cm³/mol. The number of rotatable bonds is 4. The lowest BCUT2D eigenvalue weighted by atomic mass is 9.97. The molecular formula is C17H17NO4. The molecule has 0 fully saturated rings. The fraction of sp³-hybridized carbons (Fsp3) is 0.294. The Hall–Kier alpha value is -2.56. The number of nitrogens with zero attached hydrogens (tertiary/aromatic N) is 1. The zero-order valence-corrected chi connectivity index (χ0v) is 12.3. The van der Waals surface area contributed by atoms with Crippen molar-refractivity contribution < 1.29 is 19.4 Å². The number of carbonyl (C=O) groups excluding carboxylic acids is 1. The molecule has 22 heavy (non-hydrogen) atoms. The molecule has 1 aromatic carbocycles. The van der Waals surface area contributed by atoms with E-state index in [1.165, 1.54) is 0 Å². The van der Waals surface area contributed by atoms with E-state index in [-0.39, 0.29) is 11.5 Å².